The van der Waals surface area contributed by atoms with E-state index < -0.39 is 26.9 Å². The first-order valence-corrected chi connectivity index (χ1v) is 11.6. The number of anilines is 2. The van der Waals surface area contributed by atoms with E-state index in [-0.39, 0.29) is 16.5 Å². The van der Waals surface area contributed by atoms with Gasteiger partial charge in [-0.2, -0.15) is 0 Å². The summed E-state index contributed by atoms with van der Waals surface area (Å²) in [6, 6.07) is 9.72. The summed E-state index contributed by atoms with van der Waals surface area (Å²) in [4.78, 5) is 5.29. The van der Waals surface area contributed by atoms with Crippen molar-refractivity contribution in [1.29, 1.82) is 0 Å². The number of hydrogen-bond acceptors (Lipinski definition) is 7. The van der Waals surface area contributed by atoms with Gasteiger partial charge in [0.25, 0.3) is 10.0 Å². The van der Waals surface area contributed by atoms with Gasteiger partial charge in [-0.1, -0.05) is 35.9 Å². The molecule has 0 saturated carbocycles. The highest BCUT2D eigenvalue weighted by Crippen LogP contribution is 2.31. The SMILES string of the molecule is CN(C)Cc1cccc([C@H](N)Nc2cc(F)c(S(=O)(=O)Nc3cscn3)cc2Cl)c1. The zero-order valence-corrected chi connectivity index (χ0v) is 18.7. The van der Waals surface area contributed by atoms with Crippen molar-refractivity contribution in [2.24, 2.45) is 5.73 Å². The Hall–Kier alpha value is -2.24. The van der Waals surface area contributed by atoms with Gasteiger partial charge >= 0.3 is 0 Å². The van der Waals surface area contributed by atoms with Crippen molar-refractivity contribution in [3.05, 3.63) is 69.3 Å². The van der Waals surface area contributed by atoms with Crippen LogP contribution in [0.4, 0.5) is 15.9 Å². The molecule has 7 nitrogen and oxygen atoms in total. The van der Waals surface area contributed by atoms with Crippen LogP contribution in [0, 0.1) is 5.82 Å². The van der Waals surface area contributed by atoms with Crippen molar-refractivity contribution < 1.29 is 12.8 Å². The van der Waals surface area contributed by atoms with Crippen molar-refractivity contribution in [3.8, 4) is 0 Å². The van der Waals surface area contributed by atoms with E-state index >= 15 is 0 Å². The number of thiazole rings is 1. The number of nitrogens with one attached hydrogen (secondary N) is 2. The van der Waals surface area contributed by atoms with Gasteiger partial charge in [-0.05, 0) is 37.4 Å². The van der Waals surface area contributed by atoms with Crippen LogP contribution in [0.15, 0.2) is 52.2 Å². The number of benzene rings is 2. The normalized spacial score (nSPS) is 12.7. The minimum Gasteiger partial charge on any atom is -0.365 e. The van der Waals surface area contributed by atoms with E-state index in [4.69, 9.17) is 17.3 Å². The predicted molar refractivity (Wildman–Crippen MR) is 119 cm³/mol. The van der Waals surface area contributed by atoms with Crippen molar-refractivity contribution in [2.75, 3.05) is 24.1 Å². The summed E-state index contributed by atoms with van der Waals surface area (Å²) in [5.41, 5.74) is 9.72. The van der Waals surface area contributed by atoms with E-state index in [0.717, 1.165) is 29.8 Å². The lowest BCUT2D eigenvalue weighted by Gasteiger charge is -2.19. The van der Waals surface area contributed by atoms with Gasteiger partial charge < -0.3 is 16.0 Å². The quantitative estimate of drug-likeness (QED) is 0.433. The van der Waals surface area contributed by atoms with Crippen LogP contribution in [-0.4, -0.2) is 32.4 Å². The first-order chi connectivity index (χ1) is 14.2. The summed E-state index contributed by atoms with van der Waals surface area (Å²) in [6.45, 7) is 0.745. The largest absolute Gasteiger partial charge is 0.365 e. The third-order valence-corrected chi connectivity index (χ3v) is 6.37. The molecule has 0 aliphatic rings. The second-order valence-corrected chi connectivity index (χ2v) is 9.62. The zero-order chi connectivity index (χ0) is 21.9. The number of nitrogens with two attached hydrogens (primary N) is 1. The monoisotopic (exact) mass is 469 g/mol. The molecule has 1 atom stereocenters. The number of hydrogen-bond donors (Lipinski definition) is 3. The minimum absolute atomic E-state index is 0.0231. The second-order valence-electron chi connectivity index (χ2n) is 6.85. The summed E-state index contributed by atoms with van der Waals surface area (Å²) in [7, 11) is -0.251. The molecule has 0 unspecified atom stereocenters. The fraction of sp³-hybridized carbons (Fsp3) is 0.211. The Balaban J connectivity index is 1.82. The van der Waals surface area contributed by atoms with Gasteiger partial charge in [0, 0.05) is 11.9 Å². The highest BCUT2D eigenvalue weighted by molar-refractivity contribution is 7.92. The molecule has 11 heteroatoms. The third-order valence-electron chi connectivity index (χ3n) is 4.10. The molecule has 0 bridgehead atoms. The Labute approximate surface area is 183 Å². The Morgan fingerprint density at radius 2 is 2.07 bits per heavy atom. The van der Waals surface area contributed by atoms with Crippen LogP contribution in [0.3, 0.4) is 0 Å². The molecule has 1 aromatic heterocycles. The van der Waals surface area contributed by atoms with Crippen LogP contribution in [-0.2, 0) is 16.6 Å². The molecule has 4 N–H and O–H groups in total. The molecule has 2 aromatic carbocycles. The molecule has 0 aliphatic carbocycles. The van der Waals surface area contributed by atoms with E-state index in [1.165, 1.54) is 22.2 Å². The molecule has 0 aliphatic heterocycles. The lowest BCUT2D eigenvalue weighted by molar-refractivity contribution is 0.402. The van der Waals surface area contributed by atoms with Gasteiger partial charge in [0.15, 0.2) is 5.82 Å². The summed E-state index contributed by atoms with van der Waals surface area (Å²) >= 11 is 7.43. The van der Waals surface area contributed by atoms with Gasteiger partial charge in [0.05, 0.1) is 16.2 Å². The van der Waals surface area contributed by atoms with E-state index in [1.807, 2.05) is 43.3 Å². The Morgan fingerprint density at radius 1 is 1.30 bits per heavy atom. The fourth-order valence-electron chi connectivity index (χ4n) is 2.80. The Morgan fingerprint density at radius 3 is 2.73 bits per heavy atom. The standard InChI is InChI=1S/C19H21ClFN5O2S2/c1-26(2)9-12-4-3-5-13(6-12)19(22)24-16-8-15(21)17(7-14(16)20)30(27,28)25-18-10-29-11-23-18/h3-8,10-11,19,24-25H,9,22H2,1-2H3/t19-/m1/s1. The maximum atomic E-state index is 14.6. The Bertz CT molecular complexity index is 1120. The highest BCUT2D eigenvalue weighted by atomic mass is 35.5. The molecule has 3 rings (SSSR count). The highest BCUT2D eigenvalue weighted by Gasteiger charge is 2.23. The molecule has 30 heavy (non-hydrogen) atoms. The van der Waals surface area contributed by atoms with Gasteiger partial charge in [0.1, 0.15) is 16.9 Å². The number of sulfonamides is 1. The number of halogens is 2. The van der Waals surface area contributed by atoms with Gasteiger partial charge in [0.2, 0.25) is 0 Å². The smallest absolute Gasteiger partial charge is 0.266 e. The second kappa shape index (κ2) is 9.27. The van der Waals surface area contributed by atoms with Crippen LogP contribution in [0.2, 0.25) is 5.02 Å². The van der Waals surface area contributed by atoms with Crippen molar-refractivity contribution in [1.82, 2.24) is 9.88 Å². The number of rotatable bonds is 8. The molecule has 3 aromatic rings. The maximum absolute atomic E-state index is 14.6. The summed E-state index contributed by atoms with van der Waals surface area (Å²) in [6.07, 6.45) is -0.667. The first kappa shape index (κ1) is 22.4. The molecular weight excluding hydrogens is 449 g/mol. The van der Waals surface area contributed by atoms with Crippen molar-refractivity contribution in [3.63, 3.8) is 0 Å². The van der Waals surface area contributed by atoms with Crippen molar-refractivity contribution in [2.45, 2.75) is 17.6 Å². The zero-order valence-electron chi connectivity index (χ0n) is 16.3. The molecule has 0 spiro atoms. The van der Waals surface area contributed by atoms with Crippen LogP contribution >= 0.6 is 22.9 Å². The first-order valence-electron chi connectivity index (χ1n) is 8.81. The van der Waals surface area contributed by atoms with E-state index in [9.17, 15) is 12.8 Å². The fourth-order valence-corrected chi connectivity index (χ4v) is 4.73. The summed E-state index contributed by atoms with van der Waals surface area (Å²) < 4.78 is 41.8. The number of nitrogens with zero attached hydrogens (tertiary/aromatic N) is 2. The van der Waals surface area contributed by atoms with Crippen molar-refractivity contribution >= 4 is 44.5 Å². The van der Waals surface area contributed by atoms with Gasteiger partial charge in [-0.25, -0.2) is 17.8 Å². The molecular formula is C19H21ClFN5O2S2. The summed E-state index contributed by atoms with van der Waals surface area (Å²) in [5, 5.41) is 4.46. The predicted octanol–water partition coefficient (Wildman–Crippen LogP) is 3.87. The topological polar surface area (TPSA) is 100 Å². The van der Waals surface area contributed by atoms with Gasteiger partial charge in [-0.3, -0.25) is 4.72 Å². The molecule has 0 amide bonds. The van der Waals surface area contributed by atoms with E-state index in [0.29, 0.717) is 0 Å². The molecule has 0 radical (unpaired) electrons. The lowest BCUT2D eigenvalue weighted by atomic mass is 10.1. The number of aromatic nitrogens is 1. The average Bonchev–Trinajstić information content (AvgIpc) is 3.16. The molecule has 0 saturated heterocycles. The minimum atomic E-state index is -4.18. The van der Waals surface area contributed by atoms with Crippen LogP contribution < -0.4 is 15.8 Å². The van der Waals surface area contributed by atoms with E-state index in [1.54, 1.807) is 0 Å². The molecule has 160 valence electrons. The average molecular weight is 470 g/mol. The van der Waals surface area contributed by atoms with Crippen LogP contribution in [0.25, 0.3) is 0 Å². The van der Waals surface area contributed by atoms with Crippen LogP contribution in [0.1, 0.15) is 17.3 Å². The van der Waals surface area contributed by atoms with Gasteiger partial charge in [-0.15, -0.1) is 11.3 Å². The maximum Gasteiger partial charge on any atom is 0.266 e. The summed E-state index contributed by atoms with van der Waals surface area (Å²) in [5.74, 6) is -0.851. The van der Waals surface area contributed by atoms with Crippen LogP contribution in [0.5, 0.6) is 0 Å². The molecule has 1 heterocycles. The molecule has 0 fully saturated rings. The Kier molecular flexibility index (Phi) is 6.94. The van der Waals surface area contributed by atoms with E-state index in [2.05, 4.69) is 15.0 Å². The third kappa shape index (κ3) is 5.46. The lowest BCUT2D eigenvalue weighted by Crippen LogP contribution is -2.21.